The van der Waals surface area contributed by atoms with Crippen molar-refractivity contribution in [2.45, 2.75) is 0 Å². The molecule has 0 atom stereocenters. The molecule has 0 heterocycles. The number of rotatable bonds is 2. The van der Waals surface area contributed by atoms with Crippen LogP contribution in [-0.4, -0.2) is 5.97 Å². The Morgan fingerprint density at radius 3 is 2.64 bits per heavy atom. The Morgan fingerprint density at radius 1 is 1.43 bits per heavy atom. The fraction of sp³-hybridized carbons (Fsp3) is 0. The second-order valence-electron chi connectivity index (χ2n) is 2.13. The third kappa shape index (κ3) is 2.35. The number of benzene rings is 1. The van der Waals surface area contributed by atoms with E-state index >= 15 is 0 Å². The molecule has 14 heavy (non-hydrogen) atoms. The van der Waals surface area contributed by atoms with E-state index in [0.29, 0.717) is 0 Å². The Hall–Kier alpha value is -1.78. The van der Waals surface area contributed by atoms with Gasteiger partial charge < -0.3 is 4.74 Å². The second-order valence-corrected chi connectivity index (χ2v) is 2.13. The van der Waals surface area contributed by atoms with E-state index in [2.05, 4.69) is 11.3 Å². The smallest absolute Gasteiger partial charge is 0.371 e. The van der Waals surface area contributed by atoms with Crippen LogP contribution in [0.3, 0.4) is 0 Å². The van der Waals surface area contributed by atoms with E-state index in [1.807, 2.05) is 0 Å². The summed E-state index contributed by atoms with van der Waals surface area (Å²) in [6, 6.07) is -3.45. The minimum absolute atomic E-state index is 1.02. The Bertz CT molecular complexity index is 488. The summed E-state index contributed by atoms with van der Waals surface area (Å²) >= 11 is 0. The normalized spacial score (nSPS) is 12.6. The fourth-order valence-corrected chi connectivity index (χ4v) is 0.551. The highest BCUT2D eigenvalue weighted by atomic mass is 19.2. The summed E-state index contributed by atoms with van der Waals surface area (Å²) in [4.78, 5) is 10.8. The highest BCUT2D eigenvalue weighted by Gasteiger charge is 2.10. The third-order valence-electron chi connectivity index (χ3n) is 1.12. The van der Waals surface area contributed by atoms with Crippen molar-refractivity contribution in [2.24, 2.45) is 0 Å². The number of hydrogen-bond donors (Lipinski definition) is 0. The van der Waals surface area contributed by atoms with Crippen molar-refractivity contribution in [2.75, 3.05) is 0 Å². The van der Waals surface area contributed by atoms with Gasteiger partial charge in [-0.2, -0.15) is 4.39 Å². The molecular formula is C9H5F3O2. The predicted octanol–water partition coefficient (Wildman–Crippen LogP) is 2.35. The molecule has 0 aliphatic carbocycles. The van der Waals surface area contributed by atoms with E-state index < -0.39 is 47.3 Å². The molecule has 0 spiro atoms. The van der Waals surface area contributed by atoms with Gasteiger partial charge in [-0.05, 0) is 12.1 Å². The standard InChI is InChI=1S/C9H5F3O2/c1-5(10)9(13)14-6-2-3-7(11)8(12)4-6/h2-4H,1H2/i2D,3D,4D. The van der Waals surface area contributed by atoms with Crippen molar-refractivity contribution in [1.82, 2.24) is 0 Å². The Morgan fingerprint density at radius 2 is 2.07 bits per heavy atom. The number of hydrogen-bond acceptors (Lipinski definition) is 2. The quantitative estimate of drug-likeness (QED) is 0.421. The summed E-state index contributed by atoms with van der Waals surface area (Å²) in [6.07, 6.45) is 0. The van der Waals surface area contributed by atoms with Crippen LogP contribution in [0.4, 0.5) is 13.2 Å². The molecule has 0 amide bonds. The molecule has 0 aliphatic heterocycles. The zero-order chi connectivity index (χ0) is 13.3. The molecule has 5 heteroatoms. The molecule has 0 saturated carbocycles. The van der Waals surface area contributed by atoms with Gasteiger partial charge in [0.25, 0.3) is 0 Å². The van der Waals surface area contributed by atoms with Crippen LogP contribution in [0.5, 0.6) is 5.75 Å². The number of carbonyl (C=O) groups is 1. The number of halogens is 3. The van der Waals surface area contributed by atoms with Crippen LogP contribution in [0.2, 0.25) is 0 Å². The molecule has 74 valence electrons. The maximum Gasteiger partial charge on any atom is 0.371 e. The van der Waals surface area contributed by atoms with Gasteiger partial charge in [0.1, 0.15) is 5.75 Å². The minimum atomic E-state index is -1.75. The van der Waals surface area contributed by atoms with E-state index in [1.165, 1.54) is 0 Å². The first kappa shape index (κ1) is 6.64. The average Bonchev–Trinajstić information content (AvgIpc) is 2.29. The number of ether oxygens (including phenoxy) is 1. The zero-order valence-corrected chi connectivity index (χ0v) is 6.66. The van der Waals surface area contributed by atoms with Crippen molar-refractivity contribution in [3.05, 3.63) is 42.2 Å². The van der Waals surface area contributed by atoms with E-state index in [4.69, 9.17) is 4.11 Å². The molecule has 0 radical (unpaired) electrons. The highest BCUT2D eigenvalue weighted by Crippen LogP contribution is 2.16. The Balaban J connectivity index is 3.35. The first-order valence-electron chi connectivity index (χ1n) is 4.78. The average molecular weight is 205 g/mol. The maximum absolute atomic E-state index is 13.0. The molecule has 0 bridgehead atoms. The van der Waals surface area contributed by atoms with Crippen molar-refractivity contribution in [3.8, 4) is 5.75 Å². The van der Waals surface area contributed by atoms with E-state index in [1.54, 1.807) is 0 Å². The number of carbonyl (C=O) groups excluding carboxylic acids is 1. The van der Waals surface area contributed by atoms with Crippen LogP contribution in [0, 0.1) is 11.6 Å². The highest BCUT2D eigenvalue weighted by molar-refractivity contribution is 5.87. The van der Waals surface area contributed by atoms with Crippen LogP contribution >= 0.6 is 0 Å². The number of esters is 1. The third-order valence-corrected chi connectivity index (χ3v) is 1.12. The molecule has 0 aromatic heterocycles. The largest absolute Gasteiger partial charge is 0.421 e. The zero-order valence-electron chi connectivity index (χ0n) is 9.66. The summed E-state index contributed by atoms with van der Waals surface area (Å²) in [5.41, 5.74) is 0. The molecule has 0 aliphatic rings. The first-order chi connectivity index (χ1) is 7.77. The SMILES string of the molecule is [2H]c1c([2H])c(OC(=O)C(=C)F)c([2H])c(F)c1F. The topological polar surface area (TPSA) is 26.3 Å². The molecule has 0 fully saturated rings. The fourth-order valence-electron chi connectivity index (χ4n) is 0.551. The van der Waals surface area contributed by atoms with Gasteiger partial charge in [0.2, 0.25) is 5.83 Å². The summed E-state index contributed by atoms with van der Waals surface area (Å²) in [6.45, 7) is 2.59. The van der Waals surface area contributed by atoms with Crippen molar-refractivity contribution < 1.29 is 26.8 Å². The van der Waals surface area contributed by atoms with Crippen LogP contribution in [-0.2, 0) is 4.79 Å². The van der Waals surface area contributed by atoms with Gasteiger partial charge in [0, 0.05) is 6.04 Å². The predicted molar refractivity (Wildman–Crippen MR) is 42.2 cm³/mol. The van der Waals surface area contributed by atoms with Gasteiger partial charge in [-0.1, -0.05) is 6.58 Å². The molecule has 1 aromatic rings. The Labute approximate surface area is 81.8 Å². The van der Waals surface area contributed by atoms with Crippen molar-refractivity contribution in [3.63, 3.8) is 0 Å². The minimum Gasteiger partial charge on any atom is -0.421 e. The molecule has 1 aromatic carbocycles. The molecule has 0 saturated heterocycles. The lowest BCUT2D eigenvalue weighted by molar-refractivity contribution is -0.131. The molecule has 1 rings (SSSR count). The monoisotopic (exact) mass is 205 g/mol. The van der Waals surface area contributed by atoms with E-state index in [0.717, 1.165) is 0 Å². The van der Waals surface area contributed by atoms with Crippen LogP contribution < -0.4 is 4.74 Å². The van der Waals surface area contributed by atoms with Gasteiger partial charge in [0.05, 0.1) is 4.11 Å². The lowest BCUT2D eigenvalue weighted by Crippen LogP contribution is -2.07. The van der Waals surface area contributed by atoms with Crippen LogP contribution in [0.25, 0.3) is 0 Å². The second kappa shape index (κ2) is 3.95. The summed E-state index contributed by atoms with van der Waals surface area (Å²) < 4.78 is 63.6. The molecule has 2 nitrogen and oxygen atoms in total. The van der Waals surface area contributed by atoms with Crippen molar-refractivity contribution >= 4 is 5.97 Å². The van der Waals surface area contributed by atoms with Crippen LogP contribution in [0.15, 0.2) is 30.5 Å². The lowest BCUT2D eigenvalue weighted by Gasteiger charge is -2.01. The van der Waals surface area contributed by atoms with Gasteiger partial charge >= 0.3 is 5.97 Å². The lowest BCUT2D eigenvalue weighted by atomic mass is 10.3. The molecular weight excluding hydrogens is 197 g/mol. The van der Waals surface area contributed by atoms with Gasteiger partial charge in [-0.15, -0.1) is 0 Å². The first-order valence-corrected chi connectivity index (χ1v) is 3.28. The molecule has 0 unspecified atom stereocenters. The van der Waals surface area contributed by atoms with Crippen molar-refractivity contribution in [1.29, 1.82) is 0 Å². The molecule has 0 N–H and O–H groups in total. The van der Waals surface area contributed by atoms with E-state index in [-0.39, 0.29) is 0 Å². The van der Waals surface area contributed by atoms with Gasteiger partial charge in [-0.3, -0.25) is 0 Å². The van der Waals surface area contributed by atoms with Gasteiger partial charge in [0.15, 0.2) is 11.6 Å². The van der Waals surface area contributed by atoms with Gasteiger partial charge in [-0.25, -0.2) is 13.6 Å². The maximum atomic E-state index is 13.0. The summed E-state index contributed by atoms with van der Waals surface area (Å²) in [7, 11) is 0. The van der Waals surface area contributed by atoms with E-state index in [9.17, 15) is 18.0 Å². The summed E-state index contributed by atoms with van der Waals surface area (Å²) in [5.74, 6) is -7.66. The summed E-state index contributed by atoms with van der Waals surface area (Å²) in [5, 5.41) is 0. The van der Waals surface area contributed by atoms with Crippen LogP contribution in [0.1, 0.15) is 4.11 Å². The Kier molecular flexibility index (Phi) is 1.87.